The third kappa shape index (κ3) is 53.2. The predicted octanol–water partition coefficient (Wildman–Crippen LogP) is 5.05. The van der Waals surface area contributed by atoms with Crippen molar-refractivity contribution in [3.8, 4) is 0 Å². The summed E-state index contributed by atoms with van der Waals surface area (Å²) in [6, 6.07) is 0. The molecule has 76 valence electrons. The minimum atomic E-state index is 0.884. The molecule has 0 atom stereocenters. The summed E-state index contributed by atoms with van der Waals surface area (Å²) in [6.45, 7) is 17.1. The van der Waals surface area contributed by atoms with E-state index in [9.17, 15) is 0 Å². The fourth-order valence-corrected chi connectivity index (χ4v) is 0.354. The van der Waals surface area contributed by atoms with Crippen LogP contribution in [-0.2, 0) is 0 Å². The molecule has 0 bridgehead atoms. The van der Waals surface area contributed by atoms with Gasteiger partial charge in [-0.3, -0.25) is 0 Å². The first-order valence-electron chi connectivity index (χ1n) is 5.18. The second-order valence-corrected chi connectivity index (χ2v) is 3.16. The lowest BCUT2D eigenvalue weighted by atomic mass is 10.2. The molecular formula is C12H28. The molecule has 0 spiro atoms. The highest BCUT2D eigenvalue weighted by atomic mass is 13.9. The third-order valence-corrected chi connectivity index (χ3v) is 1.52. The average molecular weight is 172 g/mol. The fourth-order valence-electron chi connectivity index (χ4n) is 0.354. The Morgan fingerprint density at radius 2 is 1.17 bits per heavy atom. The van der Waals surface area contributed by atoms with Gasteiger partial charge in [-0.2, -0.15) is 0 Å². The van der Waals surface area contributed by atoms with Crippen LogP contribution in [0.15, 0.2) is 13.2 Å². The van der Waals surface area contributed by atoms with E-state index in [0.717, 1.165) is 5.92 Å². The van der Waals surface area contributed by atoms with Gasteiger partial charge in [0, 0.05) is 0 Å². The van der Waals surface area contributed by atoms with E-state index in [0.29, 0.717) is 0 Å². The fraction of sp³-hybridized carbons (Fsp3) is 0.833. The van der Waals surface area contributed by atoms with Gasteiger partial charge in [0.2, 0.25) is 0 Å². The summed E-state index contributed by atoms with van der Waals surface area (Å²) >= 11 is 0. The highest BCUT2D eigenvalue weighted by molar-refractivity contribution is 4.32. The van der Waals surface area contributed by atoms with E-state index in [1.54, 1.807) is 0 Å². The summed E-state index contributed by atoms with van der Waals surface area (Å²) in [5, 5.41) is 0. The molecule has 0 aromatic carbocycles. The molecule has 0 aromatic rings. The maximum atomic E-state index is 3.00. The highest BCUT2D eigenvalue weighted by Crippen LogP contribution is 1.93. The van der Waals surface area contributed by atoms with Crippen LogP contribution >= 0.6 is 0 Å². The lowest BCUT2D eigenvalue weighted by Crippen LogP contribution is -1.77. The quantitative estimate of drug-likeness (QED) is 0.522. The average Bonchev–Trinajstić information content (AvgIpc) is 2.10. The van der Waals surface area contributed by atoms with Crippen molar-refractivity contribution < 1.29 is 0 Å². The smallest absolute Gasteiger partial charge is 0.0474 e. The SMILES string of the molecule is C=C.CCC(C)C.CCCCC. The summed E-state index contributed by atoms with van der Waals surface area (Å²) in [5.74, 6) is 0.884. The molecular weight excluding hydrogens is 144 g/mol. The van der Waals surface area contributed by atoms with E-state index in [2.05, 4.69) is 47.8 Å². The van der Waals surface area contributed by atoms with Crippen molar-refractivity contribution >= 4 is 0 Å². The zero-order chi connectivity index (χ0) is 10.4. The molecule has 0 amide bonds. The Bertz CT molecular complexity index is 44.0. The first kappa shape index (κ1) is 17.7. The van der Waals surface area contributed by atoms with E-state index in [4.69, 9.17) is 0 Å². The van der Waals surface area contributed by atoms with Gasteiger partial charge < -0.3 is 0 Å². The van der Waals surface area contributed by atoms with Crippen molar-refractivity contribution in [2.24, 2.45) is 5.92 Å². The first-order chi connectivity index (χ1) is 5.68. The Labute approximate surface area is 80.1 Å². The monoisotopic (exact) mass is 172 g/mol. The Balaban J connectivity index is -0.000000112. The number of hydrogen-bond acceptors (Lipinski definition) is 0. The molecule has 0 rings (SSSR count). The maximum Gasteiger partial charge on any atom is -0.0474 e. The molecule has 0 saturated heterocycles. The van der Waals surface area contributed by atoms with Crippen LogP contribution in [0.2, 0.25) is 0 Å². The second kappa shape index (κ2) is 22.4. The topological polar surface area (TPSA) is 0 Å². The third-order valence-electron chi connectivity index (χ3n) is 1.52. The Morgan fingerprint density at radius 3 is 1.17 bits per heavy atom. The molecule has 0 aliphatic carbocycles. The van der Waals surface area contributed by atoms with Crippen LogP contribution in [0.5, 0.6) is 0 Å². The van der Waals surface area contributed by atoms with Gasteiger partial charge in [-0.1, -0.05) is 60.3 Å². The van der Waals surface area contributed by atoms with E-state index in [1.165, 1.54) is 25.7 Å². The van der Waals surface area contributed by atoms with E-state index < -0.39 is 0 Å². The summed E-state index contributed by atoms with van der Waals surface area (Å²) in [7, 11) is 0. The molecule has 0 aliphatic rings. The maximum absolute atomic E-state index is 3.00. The van der Waals surface area contributed by atoms with Crippen LogP contribution in [0.1, 0.15) is 60.3 Å². The van der Waals surface area contributed by atoms with Crippen molar-refractivity contribution in [2.75, 3.05) is 0 Å². The molecule has 12 heavy (non-hydrogen) atoms. The van der Waals surface area contributed by atoms with E-state index in [-0.39, 0.29) is 0 Å². The largest absolute Gasteiger partial charge is 0.106 e. The van der Waals surface area contributed by atoms with Gasteiger partial charge in [-0.25, -0.2) is 0 Å². The molecule has 0 aliphatic heterocycles. The second-order valence-electron chi connectivity index (χ2n) is 3.16. The normalized spacial score (nSPS) is 7.83. The van der Waals surface area contributed by atoms with Crippen LogP contribution in [0, 0.1) is 5.92 Å². The van der Waals surface area contributed by atoms with E-state index in [1.807, 2.05) is 0 Å². The number of rotatable bonds is 3. The summed E-state index contributed by atoms with van der Waals surface area (Å²) in [6.07, 6.45) is 5.38. The van der Waals surface area contributed by atoms with Crippen molar-refractivity contribution in [2.45, 2.75) is 60.3 Å². The summed E-state index contributed by atoms with van der Waals surface area (Å²) in [5.41, 5.74) is 0. The Morgan fingerprint density at radius 1 is 0.917 bits per heavy atom. The van der Waals surface area contributed by atoms with Crippen molar-refractivity contribution in [1.82, 2.24) is 0 Å². The molecule has 0 N–H and O–H groups in total. The minimum absolute atomic E-state index is 0.884. The minimum Gasteiger partial charge on any atom is -0.106 e. The number of hydrogen-bond donors (Lipinski definition) is 0. The van der Waals surface area contributed by atoms with Crippen LogP contribution in [0.25, 0.3) is 0 Å². The molecule has 0 unspecified atom stereocenters. The Kier molecular flexibility index (Phi) is 33.1. The molecule has 0 aromatic heterocycles. The predicted molar refractivity (Wildman–Crippen MR) is 61.6 cm³/mol. The molecule has 0 fully saturated rings. The van der Waals surface area contributed by atoms with Crippen LogP contribution in [0.4, 0.5) is 0 Å². The van der Waals surface area contributed by atoms with Gasteiger partial charge in [-0.15, -0.1) is 13.2 Å². The zero-order valence-electron chi connectivity index (χ0n) is 9.82. The highest BCUT2D eigenvalue weighted by Gasteiger charge is 1.80. The van der Waals surface area contributed by atoms with Crippen LogP contribution in [0.3, 0.4) is 0 Å². The molecule has 0 nitrogen and oxygen atoms in total. The molecule has 0 heteroatoms. The van der Waals surface area contributed by atoms with Gasteiger partial charge >= 0.3 is 0 Å². The zero-order valence-corrected chi connectivity index (χ0v) is 9.82. The lowest BCUT2D eigenvalue weighted by Gasteiger charge is -1.90. The van der Waals surface area contributed by atoms with Crippen molar-refractivity contribution in [1.29, 1.82) is 0 Å². The first-order valence-corrected chi connectivity index (χ1v) is 5.18. The molecule has 0 heterocycles. The molecule has 0 radical (unpaired) electrons. The van der Waals surface area contributed by atoms with Gasteiger partial charge in [-0.05, 0) is 5.92 Å². The van der Waals surface area contributed by atoms with Crippen molar-refractivity contribution in [3.05, 3.63) is 13.2 Å². The van der Waals surface area contributed by atoms with Gasteiger partial charge in [0.25, 0.3) is 0 Å². The van der Waals surface area contributed by atoms with Gasteiger partial charge in [0.05, 0.1) is 0 Å². The standard InChI is InChI=1S/2C5H12.C2H4/c1-4-5(2)3;1-3-5-4-2;1-2/h5H,4H2,1-3H3;3-5H2,1-2H3;1-2H2. The lowest BCUT2D eigenvalue weighted by molar-refractivity contribution is 0.626. The summed E-state index contributed by atoms with van der Waals surface area (Å²) < 4.78 is 0. The van der Waals surface area contributed by atoms with Gasteiger partial charge in [0.1, 0.15) is 0 Å². The van der Waals surface area contributed by atoms with Crippen LogP contribution in [-0.4, -0.2) is 0 Å². The van der Waals surface area contributed by atoms with Gasteiger partial charge in [0.15, 0.2) is 0 Å². The Hall–Kier alpha value is -0.260. The van der Waals surface area contributed by atoms with Crippen molar-refractivity contribution in [3.63, 3.8) is 0 Å². The van der Waals surface area contributed by atoms with E-state index >= 15 is 0 Å². The summed E-state index contributed by atoms with van der Waals surface area (Å²) in [4.78, 5) is 0. The molecule has 0 saturated carbocycles. The van der Waals surface area contributed by atoms with Crippen LogP contribution < -0.4 is 0 Å². The number of unbranched alkanes of at least 4 members (excludes halogenated alkanes) is 2.